The first-order valence-electron chi connectivity index (χ1n) is 8.51. The third-order valence-corrected chi connectivity index (χ3v) is 4.78. The summed E-state index contributed by atoms with van der Waals surface area (Å²) in [6.07, 6.45) is 5.19. The van der Waals surface area contributed by atoms with Crippen LogP contribution >= 0.6 is 0 Å². The van der Waals surface area contributed by atoms with Crippen LogP contribution in [-0.4, -0.2) is 53.3 Å². The predicted molar refractivity (Wildman–Crippen MR) is 91.4 cm³/mol. The topological polar surface area (TPSA) is 81.2 Å². The number of aromatic nitrogens is 6. The Bertz CT molecular complexity index is 928. The molecule has 1 saturated heterocycles. The molecule has 1 aliphatic heterocycles. The Hall–Kier alpha value is -2.77. The van der Waals surface area contributed by atoms with Crippen molar-refractivity contribution in [2.24, 2.45) is 0 Å². The maximum Gasteiger partial charge on any atom is 0.259 e. The van der Waals surface area contributed by atoms with Gasteiger partial charge in [0.15, 0.2) is 5.65 Å². The molecule has 3 aromatic heterocycles. The number of hydrogen-bond donors (Lipinski definition) is 0. The summed E-state index contributed by atoms with van der Waals surface area (Å²) in [5, 5.41) is 8.74. The summed E-state index contributed by atoms with van der Waals surface area (Å²) in [6, 6.07) is 2.13. The molecular formula is C17H21N7O. The van der Waals surface area contributed by atoms with Crippen LogP contribution in [0.4, 0.5) is 0 Å². The lowest BCUT2D eigenvalue weighted by molar-refractivity contribution is 0.0673. The summed E-state index contributed by atoms with van der Waals surface area (Å²) in [4.78, 5) is 23.7. The van der Waals surface area contributed by atoms with E-state index < -0.39 is 0 Å². The summed E-state index contributed by atoms with van der Waals surface area (Å²) in [5.41, 5.74) is 3.82. The van der Waals surface area contributed by atoms with Crippen molar-refractivity contribution in [1.29, 1.82) is 0 Å². The fraction of sp³-hybridized carbons (Fsp3) is 0.471. The van der Waals surface area contributed by atoms with Crippen LogP contribution in [0.25, 0.3) is 5.65 Å². The zero-order chi connectivity index (χ0) is 17.6. The van der Waals surface area contributed by atoms with E-state index in [1.54, 1.807) is 10.8 Å². The highest BCUT2D eigenvalue weighted by molar-refractivity contribution is 6.01. The van der Waals surface area contributed by atoms with Gasteiger partial charge in [-0.3, -0.25) is 4.79 Å². The minimum Gasteiger partial charge on any atom is -0.336 e. The Balaban J connectivity index is 1.69. The maximum atomic E-state index is 13.2. The highest BCUT2D eigenvalue weighted by Gasteiger charge is 2.29. The summed E-state index contributed by atoms with van der Waals surface area (Å²) in [5.74, 6) is -0.00480. The van der Waals surface area contributed by atoms with Crippen molar-refractivity contribution in [1.82, 2.24) is 34.3 Å². The lowest BCUT2D eigenvalue weighted by Crippen LogP contribution is -2.41. The van der Waals surface area contributed by atoms with Gasteiger partial charge in [0, 0.05) is 24.5 Å². The van der Waals surface area contributed by atoms with E-state index in [4.69, 9.17) is 0 Å². The number of amides is 1. The summed E-state index contributed by atoms with van der Waals surface area (Å²) in [7, 11) is 0. The SMILES string of the molecule is Cc1cc(C)n2nc(C)c(C(=O)N3CCCC(n4cncn4)C3)c2n1. The van der Waals surface area contributed by atoms with Crippen LogP contribution in [0.5, 0.6) is 0 Å². The van der Waals surface area contributed by atoms with Crippen molar-refractivity contribution < 1.29 is 4.79 Å². The van der Waals surface area contributed by atoms with Gasteiger partial charge in [0.1, 0.15) is 18.2 Å². The van der Waals surface area contributed by atoms with E-state index in [2.05, 4.69) is 20.2 Å². The van der Waals surface area contributed by atoms with Gasteiger partial charge in [-0.1, -0.05) is 0 Å². The van der Waals surface area contributed by atoms with Crippen molar-refractivity contribution in [2.45, 2.75) is 39.7 Å². The molecular weight excluding hydrogens is 318 g/mol. The standard InChI is InChI=1S/C17H21N7O/c1-11-7-12(2)24-16(20-11)15(13(3)21-24)17(25)22-6-4-5-14(8-22)23-10-18-9-19-23/h7,9-10,14H,4-6,8H2,1-3H3. The number of carbonyl (C=O) groups is 1. The van der Waals surface area contributed by atoms with Gasteiger partial charge in [0.2, 0.25) is 0 Å². The molecule has 4 heterocycles. The fourth-order valence-electron chi connectivity index (χ4n) is 3.60. The highest BCUT2D eigenvalue weighted by atomic mass is 16.2. The van der Waals surface area contributed by atoms with Crippen molar-refractivity contribution in [3.8, 4) is 0 Å². The maximum absolute atomic E-state index is 13.2. The van der Waals surface area contributed by atoms with Crippen molar-refractivity contribution in [3.05, 3.63) is 41.4 Å². The van der Waals surface area contributed by atoms with Crippen molar-refractivity contribution in [2.75, 3.05) is 13.1 Å². The summed E-state index contributed by atoms with van der Waals surface area (Å²) < 4.78 is 3.60. The van der Waals surface area contributed by atoms with Gasteiger partial charge in [-0.05, 0) is 39.7 Å². The molecule has 8 nitrogen and oxygen atoms in total. The van der Waals surface area contributed by atoms with Gasteiger partial charge in [-0.15, -0.1) is 0 Å². The molecule has 3 aromatic rings. The number of likely N-dealkylation sites (tertiary alicyclic amines) is 1. The molecule has 0 aromatic carbocycles. The van der Waals surface area contributed by atoms with Crippen LogP contribution in [0, 0.1) is 20.8 Å². The van der Waals surface area contributed by atoms with Crippen LogP contribution < -0.4 is 0 Å². The first-order valence-corrected chi connectivity index (χ1v) is 8.51. The number of hydrogen-bond acceptors (Lipinski definition) is 5. The fourth-order valence-corrected chi connectivity index (χ4v) is 3.60. The molecule has 1 amide bonds. The monoisotopic (exact) mass is 339 g/mol. The molecule has 130 valence electrons. The quantitative estimate of drug-likeness (QED) is 0.710. The van der Waals surface area contributed by atoms with Gasteiger partial charge in [0.25, 0.3) is 5.91 Å². The second-order valence-corrected chi connectivity index (χ2v) is 6.66. The minimum atomic E-state index is -0.00480. The molecule has 1 fully saturated rings. The molecule has 1 unspecified atom stereocenters. The van der Waals surface area contributed by atoms with Gasteiger partial charge in [-0.2, -0.15) is 10.2 Å². The molecule has 0 spiro atoms. The lowest BCUT2D eigenvalue weighted by Gasteiger charge is -2.32. The smallest absolute Gasteiger partial charge is 0.259 e. The largest absolute Gasteiger partial charge is 0.336 e. The molecule has 1 aliphatic rings. The van der Waals surface area contributed by atoms with E-state index in [0.717, 1.165) is 30.8 Å². The lowest BCUT2D eigenvalue weighted by atomic mass is 10.0. The summed E-state index contributed by atoms with van der Waals surface area (Å²) in [6.45, 7) is 7.15. The first kappa shape index (κ1) is 15.7. The average Bonchev–Trinajstić information content (AvgIpc) is 3.22. The number of aryl methyl sites for hydroxylation is 3. The molecule has 25 heavy (non-hydrogen) atoms. The van der Waals surface area contributed by atoms with Crippen LogP contribution in [0.2, 0.25) is 0 Å². The zero-order valence-electron chi connectivity index (χ0n) is 14.7. The molecule has 1 atom stereocenters. The number of piperidine rings is 1. The van der Waals surface area contributed by atoms with Gasteiger partial charge in [0.05, 0.1) is 11.7 Å². The van der Waals surface area contributed by atoms with Gasteiger partial charge < -0.3 is 4.90 Å². The van der Waals surface area contributed by atoms with E-state index in [-0.39, 0.29) is 11.9 Å². The Kier molecular flexibility index (Phi) is 3.74. The third-order valence-electron chi connectivity index (χ3n) is 4.78. The minimum absolute atomic E-state index is 0.00480. The molecule has 0 aliphatic carbocycles. The van der Waals surface area contributed by atoms with Crippen LogP contribution in [0.1, 0.15) is 46.3 Å². The third kappa shape index (κ3) is 2.67. The second-order valence-electron chi connectivity index (χ2n) is 6.66. The van der Waals surface area contributed by atoms with Gasteiger partial charge >= 0.3 is 0 Å². The zero-order valence-corrected chi connectivity index (χ0v) is 14.7. The summed E-state index contributed by atoms with van der Waals surface area (Å²) >= 11 is 0. The molecule has 8 heteroatoms. The van der Waals surface area contributed by atoms with E-state index in [0.29, 0.717) is 23.4 Å². The van der Waals surface area contributed by atoms with E-state index in [9.17, 15) is 4.79 Å². The number of fused-ring (bicyclic) bond motifs is 1. The highest BCUT2D eigenvalue weighted by Crippen LogP contribution is 2.24. The van der Waals surface area contributed by atoms with E-state index in [1.807, 2.05) is 36.4 Å². The predicted octanol–water partition coefficient (Wildman–Crippen LogP) is 1.72. The van der Waals surface area contributed by atoms with Crippen LogP contribution in [0.3, 0.4) is 0 Å². The Labute approximate surface area is 145 Å². The van der Waals surface area contributed by atoms with E-state index in [1.165, 1.54) is 6.33 Å². The Morgan fingerprint density at radius 3 is 2.88 bits per heavy atom. The van der Waals surface area contributed by atoms with Gasteiger partial charge in [-0.25, -0.2) is 19.2 Å². The average molecular weight is 339 g/mol. The number of nitrogens with zero attached hydrogens (tertiary/aromatic N) is 7. The number of rotatable bonds is 2. The Morgan fingerprint density at radius 2 is 2.12 bits per heavy atom. The van der Waals surface area contributed by atoms with Crippen LogP contribution in [-0.2, 0) is 0 Å². The normalized spacial score (nSPS) is 18.0. The van der Waals surface area contributed by atoms with Crippen molar-refractivity contribution >= 4 is 11.6 Å². The van der Waals surface area contributed by atoms with E-state index >= 15 is 0 Å². The first-order chi connectivity index (χ1) is 12.0. The van der Waals surface area contributed by atoms with Crippen LogP contribution in [0.15, 0.2) is 18.7 Å². The molecule has 0 N–H and O–H groups in total. The molecule has 0 bridgehead atoms. The molecule has 4 rings (SSSR count). The second kappa shape index (κ2) is 5.94. The molecule has 0 radical (unpaired) electrons. The Morgan fingerprint density at radius 1 is 1.28 bits per heavy atom. The van der Waals surface area contributed by atoms with Crippen molar-refractivity contribution in [3.63, 3.8) is 0 Å². The molecule has 0 saturated carbocycles. The number of carbonyl (C=O) groups excluding carboxylic acids is 1.